The van der Waals surface area contributed by atoms with Gasteiger partial charge in [-0.1, -0.05) is 37.1 Å². The molecule has 1 aliphatic rings. The molecule has 0 saturated heterocycles. The van der Waals surface area contributed by atoms with Crippen LogP contribution in [0.1, 0.15) is 50.9 Å². The zero-order valence-electron chi connectivity index (χ0n) is 18.2. The third-order valence-corrected chi connectivity index (χ3v) is 6.37. The lowest BCUT2D eigenvalue weighted by Gasteiger charge is -2.26. The molecule has 0 radical (unpaired) electrons. The lowest BCUT2D eigenvalue weighted by atomic mass is 9.95. The fourth-order valence-electron chi connectivity index (χ4n) is 3.62. The summed E-state index contributed by atoms with van der Waals surface area (Å²) < 4.78 is 7.46. The van der Waals surface area contributed by atoms with Crippen molar-refractivity contribution in [2.45, 2.75) is 62.0 Å². The highest BCUT2D eigenvalue weighted by Gasteiger charge is 2.26. The molecule has 3 amide bonds. The van der Waals surface area contributed by atoms with Crippen LogP contribution in [0.4, 0.5) is 10.5 Å². The minimum atomic E-state index is -0.519. The van der Waals surface area contributed by atoms with Gasteiger partial charge >= 0.3 is 6.03 Å². The minimum Gasteiger partial charge on any atom is -0.497 e. The monoisotopic (exact) mass is 446 g/mol. The van der Waals surface area contributed by atoms with E-state index in [2.05, 4.69) is 30.7 Å². The largest absolute Gasteiger partial charge is 0.497 e. The van der Waals surface area contributed by atoms with E-state index in [1.807, 2.05) is 24.3 Å². The average Bonchev–Trinajstić information content (AvgIpc) is 3.20. The number of anilines is 1. The molecule has 0 aliphatic heterocycles. The Morgan fingerprint density at radius 2 is 2.03 bits per heavy atom. The number of rotatable bonds is 8. The first-order chi connectivity index (χ1) is 15.0. The van der Waals surface area contributed by atoms with Gasteiger partial charge in [-0.15, -0.1) is 10.2 Å². The van der Waals surface area contributed by atoms with Gasteiger partial charge in [-0.3, -0.25) is 10.1 Å². The van der Waals surface area contributed by atoms with Crippen molar-refractivity contribution < 1.29 is 14.3 Å². The molecule has 1 aromatic heterocycles. The first-order valence-corrected chi connectivity index (χ1v) is 11.4. The zero-order chi connectivity index (χ0) is 22.2. The Balaban J connectivity index is 1.77. The maximum Gasteiger partial charge on any atom is 0.321 e. The van der Waals surface area contributed by atoms with Crippen LogP contribution >= 0.6 is 11.8 Å². The number of hydrogen-bond acceptors (Lipinski definition) is 7. The smallest absolute Gasteiger partial charge is 0.321 e. The minimum absolute atomic E-state index is 0.308. The number of amides is 3. The van der Waals surface area contributed by atoms with Gasteiger partial charge in [0.05, 0.1) is 18.9 Å². The molecule has 1 saturated carbocycles. The molecule has 1 atom stereocenters. The van der Waals surface area contributed by atoms with Gasteiger partial charge in [-0.05, 0) is 31.9 Å². The van der Waals surface area contributed by atoms with Gasteiger partial charge in [-0.2, -0.15) is 0 Å². The lowest BCUT2D eigenvalue weighted by Crippen LogP contribution is -2.41. The second kappa shape index (κ2) is 11.0. The van der Waals surface area contributed by atoms with E-state index in [1.165, 1.54) is 38.1 Å². The normalized spacial score (nSPS) is 15.2. The average molecular weight is 447 g/mol. The van der Waals surface area contributed by atoms with Gasteiger partial charge in [-0.25, -0.2) is 4.79 Å². The number of carbonyl (C=O) groups excluding carboxylic acids is 2. The molecule has 1 fully saturated rings. The number of thioether (sulfide) groups is 1. The number of carbonyl (C=O) groups is 2. The maximum atomic E-state index is 12.3. The van der Waals surface area contributed by atoms with Crippen LogP contribution in [0.5, 0.6) is 5.75 Å². The van der Waals surface area contributed by atoms with E-state index in [1.54, 1.807) is 14.0 Å². The summed E-state index contributed by atoms with van der Waals surface area (Å²) in [7, 11) is 3.12. The highest BCUT2D eigenvalue weighted by atomic mass is 32.2. The summed E-state index contributed by atoms with van der Waals surface area (Å²) in [4.78, 5) is 23.8. The predicted molar refractivity (Wildman–Crippen MR) is 120 cm³/mol. The van der Waals surface area contributed by atoms with Crippen LogP contribution in [0.25, 0.3) is 0 Å². The van der Waals surface area contributed by atoms with E-state index in [0.717, 1.165) is 30.1 Å². The standard InChI is InChI=1S/C21H30N6O3S/c1-14(19(28)24-20(29)22-2)31-21-26-25-18(27(21)16-9-5-4-6-10-16)13-23-15-8-7-11-17(12-15)30-3/h7-8,11-12,14,16,23H,4-6,9-10,13H2,1-3H3,(H2,22,24,28,29). The number of urea groups is 1. The predicted octanol–water partition coefficient (Wildman–Crippen LogP) is 3.34. The SMILES string of the molecule is CNC(=O)NC(=O)C(C)Sc1nnc(CNc2cccc(OC)c2)n1C1CCCCC1. The molecular formula is C21H30N6O3S. The van der Waals surface area contributed by atoms with Crippen molar-refractivity contribution >= 4 is 29.4 Å². The quantitative estimate of drug-likeness (QED) is 0.534. The summed E-state index contributed by atoms with van der Waals surface area (Å²) in [5.74, 6) is 1.25. The van der Waals surface area contributed by atoms with Crippen molar-refractivity contribution in [3.8, 4) is 5.75 Å². The Bertz CT molecular complexity index is 897. The number of aromatic nitrogens is 3. The fourth-order valence-corrected chi connectivity index (χ4v) is 4.55. The second-order valence-corrected chi connectivity index (χ2v) is 8.78. The van der Waals surface area contributed by atoms with Gasteiger partial charge in [0.15, 0.2) is 11.0 Å². The number of benzene rings is 1. The number of hydrogen-bond donors (Lipinski definition) is 3. The van der Waals surface area contributed by atoms with Gasteiger partial charge in [0, 0.05) is 24.8 Å². The highest BCUT2D eigenvalue weighted by Crippen LogP contribution is 2.34. The van der Waals surface area contributed by atoms with Crippen molar-refractivity contribution in [3.63, 3.8) is 0 Å². The molecule has 1 heterocycles. The summed E-state index contributed by atoms with van der Waals surface area (Å²) in [5.41, 5.74) is 0.935. The highest BCUT2D eigenvalue weighted by molar-refractivity contribution is 8.00. The van der Waals surface area contributed by atoms with Crippen LogP contribution < -0.4 is 20.7 Å². The molecular weight excluding hydrogens is 416 g/mol. The van der Waals surface area contributed by atoms with E-state index in [4.69, 9.17) is 4.74 Å². The number of methoxy groups -OCH3 is 1. The number of imide groups is 1. The molecule has 3 rings (SSSR count). The van der Waals surface area contributed by atoms with Crippen LogP contribution in [-0.2, 0) is 11.3 Å². The van der Waals surface area contributed by atoms with E-state index in [-0.39, 0.29) is 5.91 Å². The molecule has 31 heavy (non-hydrogen) atoms. The summed E-state index contributed by atoms with van der Waals surface area (Å²) in [6.45, 7) is 2.27. The zero-order valence-corrected chi connectivity index (χ0v) is 19.0. The molecule has 168 valence electrons. The summed E-state index contributed by atoms with van der Waals surface area (Å²) >= 11 is 1.32. The topological polar surface area (TPSA) is 110 Å². The summed E-state index contributed by atoms with van der Waals surface area (Å²) in [5, 5.41) is 17.1. The number of nitrogens with zero attached hydrogens (tertiary/aromatic N) is 3. The Morgan fingerprint density at radius 3 is 2.74 bits per heavy atom. The van der Waals surface area contributed by atoms with Gasteiger partial charge in [0.2, 0.25) is 5.91 Å². The third kappa shape index (κ3) is 6.13. The van der Waals surface area contributed by atoms with Gasteiger partial charge in [0.25, 0.3) is 0 Å². The number of nitrogens with one attached hydrogen (secondary N) is 3. The Kier molecular flexibility index (Phi) is 8.16. The third-order valence-electron chi connectivity index (χ3n) is 5.31. The molecule has 1 unspecified atom stereocenters. The van der Waals surface area contributed by atoms with Crippen molar-refractivity contribution in [2.75, 3.05) is 19.5 Å². The number of ether oxygens (including phenoxy) is 1. The lowest BCUT2D eigenvalue weighted by molar-refractivity contribution is -0.119. The maximum absolute atomic E-state index is 12.3. The summed E-state index contributed by atoms with van der Waals surface area (Å²) in [6.07, 6.45) is 5.71. The second-order valence-electron chi connectivity index (χ2n) is 7.47. The van der Waals surface area contributed by atoms with E-state index >= 15 is 0 Å². The molecule has 3 N–H and O–H groups in total. The fraction of sp³-hybridized carbons (Fsp3) is 0.524. The molecule has 1 aromatic carbocycles. The Hall–Kier alpha value is -2.75. The Morgan fingerprint density at radius 1 is 1.26 bits per heavy atom. The van der Waals surface area contributed by atoms with Crippen LogP contribution in [0.3, 0.4) is 0 Å². The molecule has 9 nitrogen and oxygen atoms in total. The van der Waals surface area contributed by atoms with E-state index < -0.39 is 11.3 Å². The first kappa shape index (κ1) is 22.9. The molecule has 0 bridgehead atoms. The Labute approximate surface area is 186 Å². The molecule has 2 aromatic rings. The van der Waals surface area contributed by atoms with Crippen LogP contribution in [0, 0.1) is 0 Å². The summed E-state index contributed by atoms with van der Waals surface area (Å²) in [6, 6.07) is 7.53. The first-order valence-electron chi connectivity index (χ1n) is 10.5. The molecule has 10 heteroatoms. The van der Waals surface area contributed by atoms with Crippen molar-refractivity contribution in [1.29, 1.82) is 0 Å². The van der Waals surface area contributed by atoms with Crippen molar-refractivity contribution in [2.24, 2.45) is 0 Å². The van der Waals surface area contributed by atoms with Gasteiger partial charge in [0.1, 0.15) is 5.75 Å². The van der Waals surface area contributed by atoms with Crippen LogP contribution in [0.2, 0.25) is 0 Å². The van der Waals surface area contributed by atoms with Crippen molar-refractivity contribution in [3.05, 3.63) is 30.1 Å². The van der Waals surface area contributed by atoms with Crippen molar-refractivity contribution in [1.82, 2.24) is 25.4 Å². The van der Waals surface area contributed by atoms with E-state index in [9.17, 15) is 9.59 Å². The molecule has 1 aliphatic carbocycles. The van der Waals surface area contributed by atoms with Gasteiger partial charge < -0.3 is 19.9 Å². The molecule has 0 spiro atoms. The van der Waals surface area contributed by atoms with Crippen LogP contribution in [-0.4, -0.2) is 46.1 Å². The van der Waals surface area contributed by atoms with E-state index in [0.29, 0.717) is 17.7 Å². The van der Waals surface area contributed by atoms with Crippen LogP contribution in [0.15, 0.2) is 29.4 Å².